The second-order valence-corrected chi connectivity index (χ2v) is 3.08. The quantitative estimate of drug-likeness (QED) is 0.317. The Labute approximate surface area is 81.0 Å². The zero-order valence-corrected chi connectivity index (χ0v) is 8.12. The van der Waals surface area contributed by atoms with Gasteiger partial charge in [-0.05, 0) is 6.92 Å². The van der Waals surface area contributed by atoms with Crippen molar-refractivity contribution < 1.29 is 9.90 Å². The van der Waals surface area contributed by atoms with Crippen LogP contribution in [0, 0.1) is 11.3 Å². The average Bonchev–Trinajstić information content (AvgIpc) is 2.10. The zero-order chi connectivity index (χ0) is 10.1. The summed E-state index contributed by atoms with van der Waals surface area (Å²) in [5.41, 5.74) is 0. The van der Waals surface area contributed by atoms with Gasteiger partial charge in [0.25, 0.3) is 0 Å². The van der Waals surface area contributed by atoms with Gasteiger partial charge in [0, 0.05) is 18.4 Å². The summed E-state index contributed by atoms with van der Waals surface area (Å²) in [6, 6.07) is 1.98. The molecule has 1 amide bonds. The molecular formula is C7H11N3O2S. The fourth-order valence-electron chi connectivity index (χ4n) is 0.546. The highest BCUT2D eigenvalue weighted by atomic mass is 32.2. The summed E-state index contributed by atoms with van der Waals surface area (Å²) in [7, 11) is 0. The lowest BCUT2D eigenvalue weighted by molar-refractivity contribution is 0.155. The van der Waals surface area contributed by atoms with Crippen LogP contribution in [0.2, 0.25) is 0 Å². The van der Waals surface area contributed by atoms with E-state index in [0.29, 0.717) is 12.2 Å². The lowest BCUT2D eigenvalue weighted by Crippen LogP contribution is -2.23. The predicted octanol–water partition coefficient (Wildman–Crippen LogP) is 1.58. The zero-order valence-electron chi connectivity index (χ0n) is 7.30. The molecule has 0 bridgehead atoms. The van der Waals surface area contributed by atoms with E-state index in [9.17, 15) is 4.79 Å². The Bertz CT molecular complexity index is 224. The molecule has 0 aromatic rings. The highest BCUT2D eigenvalue weighted by Crippen LogP contribution is 2.05. The number of rotatable bonds is 5. The van der Waals surface area contributed by atoms with E-state index in [-0.39, 0.29) is 5.88 Å². The number of carboxylic acid groups (broad SMARTS) is 1. The third kappa shape index (κ3) is 5.99. The van der Waals surface area contributed by atoms with Gasteiger partial charge in [-0.25, -0.2) is 4.79 Å². The third-order valence-corrected chi connectivity index (χ3v) is 1.97. The molecule has 0 heterocycles. The summed E-state index contributed by atoms with van der Waals surface area (Å²) >= 11 is 1.36. The molecule has 5 nitrogen and oxygen atoms in total. The SMILES string of the molecule is CC=NN(CSCCC#N)C(=O)O. The van der Waals surface area contributed by atoms with Crippen LogP contribution in [-0.4, -0.2) is 34.1 Å². The van der Waals surface area contributed by atoms with Crippen LogP contribution in [-0.2, 0) is 0 Å². The van der Waals surface area contributed by atoms with E-state index in [4.69, 9.17) is 10.4 Å². The van der Waals surface area contributed by atoms with Gasteiger partial charge in [0.15, 0.2) is 0 Å². The van der Waals surface area contributed by atoms with Crippen molar-refractivity contribution >= 4 is 24.1 Å². The van der Waals surface area contributed by atoms with Gasteiger partial charge in [0.1, 0.15) is 0 Å². The largest absolute Gasteiger partial charge is 0.464 e. The van der Waals surface area contributed by atoms with Crippen molar-refractivity contribution in [3.05, 3.63) is 0 Å². The summed E-state index contributed by atoms with van der Waals surface area (Å²) in [6.45, 7) is 1.65. The van der Waals surface area contributed by atoms with Crippen molar-refractivity contribution in [2.45, 2.75) is 13.3 Å². The first-order valence-electron chi connectivity index (χ1n) is 3.66. The van der Waals surface area contributed by atoms with E-state index in [0.717, 1.165) is 5.01 Å². The monoisotopic (exact) mass is 201 g/mol. The van der Waals surface area contributed by atoms with Crippen molar-refractivity contribution in [3.63, 3.8) is 0 Å². The number of nitriles is 1. The normalized spacial score (nSPS) is 9.85. The van der Waals surface area contributed by atoms with Gasteiger partial charge in [0.2, 0.25) is 0 Å². The van der Waals surface area contributed by atoms with Gasteiger partial charge in [-0.2, -0.15) is 15.4 Å². The van der Waals surface area contributed by atoms with Gasteiger partial charge in [-0.1, -0.05) is 0 Å². The number of carbonyl (C=O) groups is 1. The molecule has 0 saturated heterocycles. The van der Waals surface area contributed by atoms with E-state index in [2.05, 4.69) is 5.10 Å². The molecule has 0 aliphatic heterocycles. The molecule has 6 heteroatoms. The second kappa shape index (κ2) is 7.43. The molecule has 72 valence electrons. The van der Waals surface area contributed by atoms with Gasteiger partial charge in [-0.15, -0.1) is 11.8 Å². The summed E-state index contributed by atoms with van der Waals surface area (Å²) in [5.74, 6) is 0.890. The van der Waals surface area contributed by atoms with Crippen LogP contribution >= 0.6 is 11.8 Å². The maximum absolute atomic E-state index is 10.5. The first-order valence-corrected chi connectivity index (χ1v) is 4.81. The molecule has 0 saturated carbocycles. The van der Waals surface area contributed by atoms with Crippen LogP contribution in [0.4, 0.5) is 4.79 Å². The minimum absolute atomic E-state index is 0.265. The lowest BCUT2D eigenvalue weighted by Gasteiger charge is -2.10. The number of hydrazone groups is 1. The van der Waals surface area contributed by atoms with Gasteiger partial charge < -0.3 is 5.11 Å². The fourth-order valence-corrected chi connectivity index (χ4v) is 1.26. The standard InChI is InChI=1S/C7H11N3O2S/c1-2-9-10(7(11)12)6-13-5-3-4-8/h2H,3,5-6H2,1H3,(H,11,12). The lowest BCUT2D eigenvalue weighted by atomic mass is 10.6. The highest BCUT2D eigenvalue weighted by molar-refractivity contribution is 7.99. The van der Waals surface area contributed by atoms with Crippen LogP contribution in [0.15, 0.2) is 5.10 Å². The van der Waals surface area contributed by atoms with Crippen LogP contribution in [0.1, 0.15) is 13.3 Å². The van der Waals surface area contributed by atoms with Crippen molar-refractivity contribution in [2.24, 2.45) is 5.10 Å². The van der Waals surface area contributed by atoms with Crippen LogP contribution < -0.4 is 0 Å². The summed E-state index contributed by atoms with van der Waals surface area (Å²) in [4.78, 5) is 10.5. The molecule has 0 aromatic heterocycles. The Morgan fingerprint density at radius 1 is 1.85 bits per heavy atom. The van der Waals surface area contributed by atoms with E-state index in [1.54, 1.807) is 6.92 Å². The molecule has 13 heavy (non-hydrogen) atoms. The van der Waals surface area contributed by atoms with Crippen molar-refractivity contribution in [2.75, 3.05) is 11.6 Å². The molecule has 1 N–H and O–H groups in total. The number of hydrogen-bond donors (Lipinski definition) is 1. The number of nitrogens with zero attached hydrogens (tertiary/aromatic N) is 3. The summed E-state index contributed by atoms with van der Waals surface area (Å²) in [5, 5.41) is 21.4. The Balaban J connectivity index is 3.71. The molecule has 0 radical (unpaired) electrons. The van der Waals surface area contributed by atoms with Crippen LogP contribution in [0.3, 0.4) is 0 Å². The molecule has 0 rings (SSSR count). The topological polar surface area (TPSA) is 76.7 Å². The van der Waals surface area contributed by atoms with E-state index in [1.807, 2.05) is 6.07 Å². The highest BCUT2D eigenvalue weighted by Gasteiger charge is 2.07. The van der Waals surface area contributed by atoms with Crippen molar-refractivity contribution in [1.29, 1.82) is 5.26 Å². The summed E-state index contributed by atoms with van der Waals surface area (Å²) in [6.07, 6.45) is 0.759. The van der Waals surface area contributed by atoms with Crippen molar-refractivity contribution in [1.82, 2.24) is 5.01 Å². The van der Waals surface area contributed by atoms with Gasteiger partial charge >= 0.3 is 6.09 Å². The Hall–Kier alpha value is -1.22. The molecule has 0 fully saturated rings. The molecule has 0 aliphatic rings. The first kappa shape index (κ1) is 11.8. The van der Waals surface area contributed by atoms with Gasteiger partial charge in [-0.3, -0.25) is 0 Å². The Morgan fingerprint density at radius 3 is 3.00 bits per heavy atom. The molecule has 0 aliphatic carbocycles. The van der Waals surface area contributed by atoms with E-state index >= 15 is 0 Å². The first-order chi connectivity index (χ1) is 6.22. The Morgan fingerprint density at radius 2 is 2.54 bits per heavy atom. The van der Waals surface area contributed by atoms with E-state index in [1.165, 1.54) is 18.0 Å². The minimum atomic E-state index is -1.08. The molecule has 0 spiro atoms. The summed E-state index contributed by atoms with van der Waals surface area (Å²) < 4.78 is 0. The van der Waals surface area contributed by atoms with Gasteiger partial charge in [0.05, 0.1) is 11.9 Å². The minimum Gasteiger partial charge on any atom is -0.464 e. The number of amides is 1. The molecular weight excluding hydrogens is 190 g/mol. The van der Waals surface area contributed by atoms with E-state index < -0.39 is 6.09 Å². The molecule has 0 atom stereocenters. The number of thioether (sulfide) groups is 1. The second-order valence-electron chi connectivity index (χ2n) is 2.00. The predicted molar refractivity (Wildman–Crippen MR) is 51.6 cm³/mol. The smallest absolute Gasteiger partial charge is 0.428 e. The Kier molecular flexibility index (Phi) is 6.73. The number of hydrogen-bond acceptors (Lipinski definition) is 4. The molecule has 0 unspecified atom stereocenters. The van der Waals surface area contributed by atoms with Crippen LogP contribution in [0.25, 0.3) is 0 Å². The maximum Gasteiger partial charge on any atom is 0.428 e. The van der Waals surface area contributed by atoms with Crippen molar-refractivity contribution in [3.8, 4) is 6.07 Å². The average molecular weight is 201 g/mol. The van der Waals surface area contributed by atoms with Crippen LogP contribution in [0.5, 0.6) is 0 Å². The third-order valence-electron chi connectivity index (χ3n) is 1.05. The maximum atomic E-state index is 10.5. The fraction of sp³-hybridized carbons (Fsp3) is 0.571. The molecule has 0 aromatic carbocycles.